The lowest BCUT2D eigenvalue weighted by molar-refractivity contribution is 0.112. The molecule has 0 spiro atoms. The van der Waals surface area contributed by atoms with Gasteiger partial charge < -0.3 is 15.1 Å². The van der Waals surface area contributed by atoms with Crippen LogP contribution in [0.4, 0.5) is 5.69 Å². The number of aldehydes is 1. The summed E-state index contributed by atoms with van der Waals surface area (Å²) < 4.78 is 0. The molecule has 0 saturated carbocycles. The summed E-state index contributed by atoms with van der Waals surface area (Å²) in [7, 11) is 0. The third-order valence-electron chi connectivity index (χ3n) is 2.33. The van der Waals surface area contributed by atoms with Crippen molar-refractivity contribution in [3.63, 3.8) is 0 Å². The number of carbonyl (C=O) groups is 1. The summed E-state index contributed by atoms with van der Waals surface area (Å²) in [5, 5.41) is 19.6. The number of aliphatic hydroxyl groups is 2. The molecule has 2 atom stereocenters. The topological polar surface area (TPSA) is 60.8 Å². The van der Waals surface area contributed by atoms with Crippen LogP contribution in [0.15, 0.2) is 49.6 Å². The van der Waals surface area contributed by atoms with Crippen LogP contribution in [0, 0.1) is 0 Å². The first-order valence-electron chi connectivity index (χ1n) is 5.09. The molecule has 0 saturated heterocycles. The Hall–Kier alpha value is -1.91. The molecular formula is C13H15NO3. The summed E-state index contributed by atoms with van der Waals surface area (Å²) >= 11 is 0. The van der Waals surface area contributed by atoms with Crippen LogP contribution >= 0.6 is 0 Å². The molecule has 90 valence electrons. The van der Waals surface area contributed by atoms with Gasteiger partial charge in [0, 0.05) is 5.56 Å². The van der Waals surface area contributed by atoms with Crippen molar-refractivity contribution in [2.75, 3.05) is 4.90 Å². The molecule has 0 radical (unpaired) electrons. The highest BCUT2D eigenvalue weighted by Crippen LogP contribution is 2.23. The summed E-state index contributed by atoms with van der Waals surface area (Å²) in [5.41, 5.74) is 0.789. The minimum Gasteiger partial charge on any atom is -0.370 e. The van der Waals surface area contributed by atoms with Crippen LogP contribution in [0.2, 0.25) is 0 Å². The van der Waals surface area contributed by atoms with Crippen molar-refractivity contribution < 1.29 is 15.0 Å². The molecule has 0 aliphatic heterocycles. The van der Waals surface area contributed by atoms with Crippen molar-refractivity contribution in [3.05, 3.63) is 55.1 Å². The summed E-state index contributed by atoms with van der Waals surface area (Å²) in [4.78, 5) is 12.2. The Labute approximate surface area is 100 Å². The van der Waals surface area contributed by atoms with Crippen molar-refractivity contribution in [2.45, 2.75) is 12.5 Å². The van der Waals surface area contributed by atoms with Crippen LogP contribution in [0.5, 0.6) is 0 Å². The fourth-order valence-electron chi connectivity index (χ4n) is 1.49. The van der Waals surface area contributed by atoms with Crippen LogP contribution in [0.25, 0.3) is 0 Å². The van der Waals surface area contributed by atoms with Crippen molar-refractivity contribution in [2.24, 2.45) is 0 Å². The number of rotatable bonds is 6. The van der Waals surface area contributed by atoms with E-state index in [-0.39, 0.29) is 0 Å². The van der Waals surface area contributed by atoms with E-state index in [0.717, 1.165) is 0 Å². The second-order valence-electron chi connectivity index (χ2n) is 3.38. The van der Waals surface area contributed by atoms with Crippen molar-refractivity contribution in [1.29, 1.82) is 0 Å². The molecule has 0 aliphatic carbocycles. The second kappa shape index (κ2) is 5.98. The van der Waals surface area contributed by atoms with E-state index in [1.54, 1.807) is 24.3 Å². The normalized spacial score (nSPS) is 13.5. The van der Waals surface area contributed by atoms with Crippen LogP contribution in [-0.4, -0.2) is 29.0 Å². The van der Waals surface area contributed by atoms with Gasteiger partial charge in [-0.2, -0.15) is 0 Å². The van der Waals surface area contributed by atoms with Gasteiger partial charge in [-0.1, -0.05) is 25.3 Å². The van der Waals surface area contributed by atoms with Crippen molar-refractivity contribution >= 4 is 12.0 Å². The van der Waals surface area contributed by atoms with E-state index in [0.29, 0.717) is 17.5 Å². The quantitative estimate of drug-likeness (QED) is 0.442. The van der Waals surface area contributed by atoms with Gasteiger partial charge in [0.05, 0.1) is 5.69 Å². The van der Waals surface area contributed by atoms with Crippen LogP contribution in [0.3, 0.4) is 0 Å². The maximum atomic E-state index is 10.9. The molecule has 0 aromatic heterocycles. The van der Waals surface area contributed by atoms with Gasteiger partial charge >= 0.3 is 0 Å². The van der Waals surface area contributed by atoms with Crippen LogP contribution < -0.4 is 4.90 Å². The third kappa shape index (κ3) is 2.81. The van der Waals surface area contributed by atoms with E-state index < -0.39 is 12.5 Å². The first-order valence-corrected chi connectivity index (χ1v) is 5.09. The molecule has 1 rings (SSSR count). The van der Waals surface area contributed by atoms with Gasteiger partial charge in [-0.15, -0.1) is 0 Å². The molecule has 0 bridgehead atoms. The van der Waals surface area contributed by atoms with E-state index >= 15 is 0 Å². The maximum absolute atomic E-state index is 10.9. The number of aliphatic hydroxyl groups excluding tert-OH is 2. The highest BCUT2D eigenvalue weighted by atomic mass is 16.3. The fourth-order valence-corrected chi connectivity index (χ4v) is 1.49. The molecular weight excluding hydrogens is 218 g/mol. The number of carbonyl (C=O) groups excluding carboxylic acids is 1. The zero-order valence-corrected chi connectivity index (χ0v) is 9.36. The largest absolute Gasteiger partial charge is 0.370 e. The monoisotopic (exact) mass is 233 g/mol. The molecule has 4 nitrogen and oxygen atoms in total. The molecule has 1 aromatic carbocycles. The first kappa shape index (κ1) is 13.2. The molecule has 2 unspecified atom stereocenters. The highest BCUT2D eigenvalue weighted by molar-refractivity contribution is 5.84. The maximum Gasteiger partial charge on any atom is 0.152 e. The summed E-state index contributed by atoms with van der Waals surface area (Å²) in [6, 6.07) is 6.64. The lowest BCUT2D eigenvalue weighted by atomic mass is 10.1. The van der Waals surface area contributed by atoms with Crippen LogP contribution in [0.1, 0.15) is 10.4 Å². The number of benzene rings is 1. The van der Waals surface area contributed by atoms with Gasteiger partial charge in [-0.25, -0.2) is 0 Å². The standard InChI is InChI=1S/C13H15NO3/c1-3-12(16)14(13(17)4-2)11-8-6-5-7-10(11)9-15/h3-9,12-13,16-17H,1-2H2. The molecule has 4 heteroatoms. The Kier molecular flexibility index (Phi) is 4.63. The number of anilines is 1. The van der Waals surface area contributed by atoms with E-state index in [1.807, 2.05) is 0 Å². The molecule has 0 fully saturated rings. The minimum atomic E-state index is -1.11. The predicted molar refractivity (Wildman–Crippen MR) is 66.7 cm³/mol. The van der Waals surface area contributed by atoms with Crippen LogP contribution in [-0.2, 0) is 0 Å². The number of para-hydroxylation sites is 1. The van der Waals surface area contributed by atoms with Crippen molar-refractivity contribution in [1.82, 2.24) is 0 Å². The predicted octanol–water partition coefficient (Wildman–Crippen LogP) is 1.31. The zero-order valence-electron chi connectivity index (χ0n) is 9.36. The fraction of sp³-hybridized carbons (Fsp3) is 0.154. The van der Waals surface area contributed by atoms with Gasteiger partial charge in [0.15, 0.2) is 6.29 Å². The molecule has 2 N–H and O–H groups in total. The Morgan fingerprint density at radius 3 is 2.12 bits per heavy atom. The number of nitrogens with zero attached hydrogens (tertiary/aromatic N) is 1. The Morgan fingerprint density at radius 1 is 1.12 bits per heavy atom. The number of hydrogen-bond donors (Lipinski definition) is 2. The Bertz CT molecular complexity index is 403. The van der Waals surface area contributed by atoms with Gasteiger partial charge in [-0.3, -0.25) is 4.79 Å². The van der Waals surface area contributed by atoms with Gasteiger partial charge in [0.1, 0.15) is 12.5 Å². The van der Waals surface area contributed by atoms with E-state index in [4.69, 9.17) is 0 Å². The van der Waals surface area contributed by atoms with Gasteiger partial charge in [0.25, 0.3) is 0 Å². The minimum absolute atomic E-state index is 0.370. The van der Waals surface area contributed by atoms with Gasteiger partial charge in [0.2, 0.25) is 0 Å². The number of hydrogen-bond acceptors (Lipinski definition) is 4. The Balaban J connectivity index is 3.25. The van der Waals surface area contributed by atoms with E-state index in [1.165, 1.54) is 17.1 Å². The zero-order chi connectivity index (χ0) is 12.8. The smallest absolute Gasteiger partial charge is 0.152 e. The summed E-state index contributed by atoms with van der Waals surface area (Å²) in [6.07, 6.45) is 0.963. The SMILES string of the molecule is C=CC(O)N(c1ccccc1C=O)C(O)C=C. The van der Waals surface area contributed by atoms with E-state index in [9.17, 15) is 15.0 Å². The molecule has 0 amide bonds. The lowest BCUT2D eigenvalue weighted by Crippen LogP contribution is -2.42. The first-order chi connectivity index (χ1) is 8.15. The Morgan fingerprint density at radius 2 is 1.65 bits per heavy atom. The molecule has 1 aromatic rings. The third-order valence-corrected chi connectivity index (χ3v) is 2.33. The van der Waals surface area contributed by atoms with E-state index in [2.05, 4.69) is 13.2 Å². The average Bonchev–Trinajstić information content (AvgIpc) is 2.39. The molecule has 17 heavy (non-hydrogen) atoms. The lowest BCUT2D eigenvalue weighted by Gasteiger charge is -2.32. The highest BCUT2D eigenvalue weighted by Gasteiger charge is 2.21. The summed E-state index contributed by atoms with van der Waals surface area (Å²) in [5.74, 6) is 0. The second-order valence-corrected chi connectivity index (χ2v) is 3.38. The summed E-state index contributed by atoms with van der Waals surface area (Å²) in [6.45, 7) is 6.91. The average molecular weight is 233 g/mol. The molecule has 0 heterocycles. The van der Waals surface area contributed by atoms with Gasteiger partial charge in [-0.05, 0) is 24.3 Å². The molecule has 0 aliphatic rings. The van der Waals surface area contributed by atoms with Crippen molar-refractivity contribution in [3.8, 4) is 0 Å².